The Morgan fingerprint density at radius 1 is 1.10 bits per heavy atom. The summed E-state index contributed by atoms with van der Waals surface area (Å²) in [4.78, 5) is 0. The SMILES string of the molecule is CCOc1ccc(N)cc1Nc1cc(OC)ccc1C. The molecule has 0 aromatic heterocycles. The molecule has 4 heteroatoms. The lowest BCUT2D eigenvalue weighted by Gasteiger charge is -2.15. The van der Waals surface area contributed by atoms with Crippen molar-refractivity contribution in [2.45, 2.75) is 13.8 Å². The third kappa shape index (κ3) is 3.15. The van der Waals surface area contributed by atoms with Crippen molar-refractivity contribution in [3.63, 3.8) is 0 Å². The van der Waals surface area contributed by atoms with Crippen molar-refractivity contribution >= 4 is 17.1 Å². The van der Waals surface area contributed by atoms with Gasteiger partial charge in [-0.3, -0.25) is 0 Å². The van der Waals surface area contributed by atoms with Gasteiger partial charge in [0, 0.05) is 17.4 Å². The molecule has 0 aliphatic rings. The molecular weight excluding hydrogens is 252 g/mol. The van der Waals surface area contributed by atoms with Crippen LogP contribution in [0.25, 0.3) is 0 Å². The quantitative estimate of drug-likeness (QED) is 0.814. The Bertz CT molecular complexity index is 597. The highest BCUT2D eigenvalue weighted by Gasteiger charge is 2.07. The molecule has 0 radical (unpaired) electrons. The van der Waals surface area contributed by atoms with Gasteiger partial charge in [0.2, 0.25) is 0 Å². The number of rotatable bonds is 5. The van der Waals surface area contributed by atoms with Gasteiger partial charge in [-0.2, -0.15) is 0 Å². The van der Waals surface area contributed by atoms with E-state index in [1.807, 2.05) is 50.2 Å². The topological polar surface area (TPSA) is 56.5 Å². The molecule has 2 aromatic rings. The van der Waals surface area contributed by atoms with Crippen LogP contribution < -0.4 is 20.5 Å². The fourth-order valence-corrected chi connectivity index (χ4v) is 1.93. The average Bonchev–Trinajstić information content (AvgIpc) is 2.44. The maximum absolute atomic E-state index is 5.85. The number of benzene rings is 2. The van der Waals surface area contributed by atoms with Crippen molar-refractivity contribution < 1.29 is 9.47 Å². The molecule has 106 valence electrons. The van der Waals surface area contributed by atoms with E-state index >= 15 is 0 Å². The van der Waals surface area contributed by atoms with Crippen LogP contribution in [0.4, 0.5) is 17.1 Å². The van der Waals surface area contributed by atoms with Crippen molar-refractivity contribution in [3.8, 4) is 11.5 Å². The van der Waals surface area contributed by atoms with E-state index in [0.717, 1.165) is 28.4 Å². The minimum absolute atomic E-state index is 0.607. The molecule has 0 aliphatic carbocycles. The van der Waals surface area contributed by atoms with Crippen molar-refractivity contribution in [1.29, 1.82) is 0 Å². The fourth-order valence-electron chi connectivity index (χ4n) is 1.93. The van der Waals surface area contributed by atoms with Gasteiger partial charge in [0.1, 0.15) is 11.5 Å². The van der Waals surface area contributed by atoms with Crippen molar-refractivity contribution in [1.82, 2.24) is 0 Å². The van der Waals surface area contributed by atoms with E-state index in [1.165, 1.54) is 0 Å². The van der Waals surface area contributed by atoms with E-state index in [0.29, 0.717) is 12.3 Å². The number of anilines is 3. The molecule has 2 rings (SSSR count). The standard InChI is InChI=1S/C16H20N2O2/c1-4-20-16-8-6-12(17)9-15(16)18-14-10-13(19-3)7-5-11(14)2/h5-10,18H,4,17H2,1-3H3. The van der Waals surface area contributed by atoms with E-state index in [4.69, 9.17) is 15.2 Å². The molecule has 0 saturated carbocycles. The summed E-state index contributed by atoms with van der Waals surface area (Å²) in [5, 5.41) is 3.36. The number of ether oxygens (including phenoxy) is 2. The molecule has 0 amide bonds. The van der Waals surface area contributed by atoms with Gasteiger partial charge in [0.15, 0.2) is 0 Å². The molecule has 3 N–H and O–H groups in total. The van der Waals surface area contributed by atoms with E-state index < -0.39 is 0 Å². The Labute approximate surface area is 119 Å². The van der Waals surface area contributed by atoms with Gasteiger partial charge in [0.25, 0.3) is 0 Å². The fraction of sp³-hybridized carbons (Fsp3) is 0.250. The monoisotopic (exact) mass is 272 g/mol. The number of aryl methyl sites for hydroxylation is 1. The number of hydrogen-bond acceptors (Lipinski definition) is 4. The lowest BCUT2D eigenvalue weighted by atomic mass is 10.1. The zero-order chi connectivity index (χ0) is 14.5. The predicted molar refractivity (Wildman–Crippen MR) is 83.0 cm³/mol. The van der Waals surface area contributed by atoms with Gasteiger partial charge in [-0.15, -0.1) is 0 Å². The van der Waals surface area contributed by atoms with Crippen LogP contribution >= 0.6 is 0 Å². The molecule has 0 fully saturated rings. The molecule has 0 atom stereocenters. The van der Waals surface area contributed by atoms with Crippen LogP contribution in [0, 0.1) is 6.92 Å². The van der Waals surface area contributed by atoms with Crippen LogP contribution in [-0.2, 0) is 0 Å². The summed E-state index contributed by atoms with van der Waals surface area (Å²) in [5.41, 5.74) is 9.48. The van der Waals surface area contributed by atoms with Crippen molar-refractivity contribution in [3.05, 3.63) is 42.0 Å². The Hall–Kier alpha value is -2.36. The third-order valence-electron chi connectivity index (χ3n) is 3.02. The summed E-state index contributed by atoms with van der Waals surface area (Å²) in [6.45, 7) is 4.60. The number of nitrogens with two attached hydrogens (primary N) is 1. The lowest BCUT2D eigenvalue weighted by Crippen LogP contribution is -2.00. The van der Waals surface area contributed by atoms with Crippen LogP contribution in [0.1, 0.15) is 12.5 Å². The Balaban J connectivity index is 2.35. The Morgan fingerprint density at radius 2 is 1.90 bits per heavy atom. The molecule has 0 unspecified atom stereocenters. The maximum Gasteiger partial charge on any atom is 0.142 e. The lowest BCUT2D eigenvalue weighted by molar-refractivity contribution is 0.342. The van der Waals surface area contributed by atoms with Gasteiger partial charge >= 0.3 is 0 Å². The van der Waals surface area contributed by atoms with E-state index in [-0.39, 0.29) is 0 Å². The summed E-state index contributed by atoms with van der Waals surface area (Å²) < 4.78 is 10.9. The number of hydrogen-bond donors (Lipinski definition) is 2. The normalized spacial score (nSPS) is 10.2. The Morgan fingerprint density at radius 3 is 2.60 bits per heavy atom. The summed E-state index contributed by atoms with van der Waals surface area (Å²) in [6, 6.07) is 11.5. The van der Waals surface area contributed by atoms with Crippen molar-refractivity contribution in [2.24, 2.45) is 0 Å². The van der Waals surface area contributed by atoms with Crippen molar-refractivity contribution in [2.75, 3.05) is 24.8 Å². The smallest absolute Gasteiger partial charge is 0.142 e. The molecule has 2 aromatic carbocycles. The highest BCUT2D eigenvalue weighted by Crippen LogP contribution is 2.32. The first-order valence-electron chi connectivity index (χ1n) is 6.58. The summed E-state index contributed by atoms with van der Waals surface area (Å²) >= 11 is 0. The molecule has 0 heterocycles. The zero-order valence-corrected chi connectivity index (χ0v) is 12.1. The zero-order valence-electron chi connectivity index (χ0n) is 12.1. The molecule has 0 aliphatic heterocycles. The van der Waals surface area contributed by atoms with Gasteiger partial charge < -0.3 is 20.5 Å². The number of nitrogen functional groups attached to an aromatic ring is 1. The maximum atomic E-state index is 5.85. The Kier molecular flexibility index (Phi) is 4.35. The largest absolute Gasteiger partial charge is 0.497 e. The predicted octanol–water partition coefficient (Wildman–Crippen LogP) is 3.73. The average molecular weight is 272 g/mol. The first-order chi connectivity index (χ1) is 9.63. The molecule has 0 spiro atoms. The molecular formula is C16H20N2O2. The summed E-state index contributed by atoms with van der Waals surface area (Å²) in [7, 11) is 1.65. The molecule has 20 heavy (non-hydrogen) atoms. The highest BCUT2D eigenvalue weighted by atomic mass is 16.5. The second kappa shape index (κ2) is 6.19. The van der Waals surface area contributed by atoms with Gasteiger partial charge in [0.05, 0.1) is 19.4 Å². The van der Waals surface area contributed by atoms with Crippen LogP contribution in [0.15, 0.2) is 36.4 Å². The third-order valence-corrected chi connectivity index (χ3v) is 3.02. The number of methoxy groups -OCH3 is 1. The first-order valence-corrected chi connectivity index (χ1v) is 6.58. The highest BCUT2D eigenvalue weighted by molar-refractivity contribution is 5.72. The minimum atomic E-state index is 0.607. The van der Waals surface area contributed by atoms with Crippen LogP contribution in [-0.4, -0.2) is 13.7 Å². The second-order valence-corrected chi connectivity index (χ2v) is 4.49. The van der Waals surface area contributed by atoms with E-state index in [2.05, 4.69) is 5.32 Å². The molecule has 0 saturated heterocycles. The van der Waals surface area contributed by atoms with Crippen LogP contribution in [0.2, 0.25) is 0 Å². The van der Waals surface area contributed by atoms with Crippen LogP contribution in [0.3, 0.4) is 0 Å². The number of nitrogens with one attached hydrogen (secondary N) is 1. The van der Waals surface area contributed by atoms with Gasteiger partial charge in [-0.25, -0.2) is 0 Å². The summed E-state index contributed by atoms with van der Waals surface area (Å²) in [5.74, 6) is 1.59. The molecule has 0 bridgehead atoms. The van der Waals surface area contributed by atoms with E-state index in [9.17, 15) is 0 Å². The molecule has 4 nitrogen and oxygen atoms in total. The summed E-state index contributed by atoms with van der Waals surface area (Å²) in [6.07, 6.45) is 0. The second-order valence-electron chi connectivity index (χ2n) is 4.49. The minimum Gasteiger partial charge on any atom is -0.497 e. The van der Waals surface area contributed by atoms with Gasteiger partial charge in [-0.1, -0.05) is 6.07 Å². The first kappa shape index (κ1) is 14.1. The van der Waals surface area contributed by atoms with E-state index in [1.54, 1.807) is 7.11 Å². The van der Waals surface area contributed by atoms with Crippen LogP contribution in [0.5, 0.6) is 11.5 Å². The van der Waals surface area contributed by atoms with Gasteiger partial charge in [-0.05, 0) is 43.7 Å².